The number of amides is 2. The first-order chi connectivity index (χ1) is 25.8. The number of esters is 1. The number of aliphatic hydroxyl groups excluding tert-OH is 1. The average Bonchev–Trinajstić information content (AvgIpc) is 3.78. The highest BCUT2D eigenvalue weighted by atomic mass is 16.7. The number of rotatable bonds is 8. The summed E-state index contributed by atoms with van der Waals surface area (Å²) >= 11 is 0. The Morgan fingerprint density at radius 2 is 1.76 bits per heavy atom. The maximum absolute atomic E-state index is 14.2. The van der Waals surface area contributed by atoms with E-state index in [2.05, 4.69) is 15.6 Å². The lowest BCUT2D eigenvalue weighted by atomic mass is 9.69. The third-order valence-electron chi connectivity index (χ3n) is 11.7. The largest absolute Gasteiger partial charge is 0.464 e. The van der Waals surface area contributed by atoms with Gasteiger partial charge in [-0.1, -0.05) is 41.5 Å². The van der Waals surface area contributed by atoms with Gasteiger partial charge in [-0.3, -0.25) is 24.2 Å². The first-order valence-corrected chi connectivity index (χ1v) is 19.3. The summed E-state index contributed by atoms with van der Waals surface area (Å²) in [6.07, 6.45) is 0.754. The van der Waals surface area contributed by atoms with Crippen LogP contribution in [0.5, 0.6) is 0 Å². The van der Waals surface area contributed by atoms with Crippen molar-refractivity contribution >= 4 is 29.5 Å². The summed E-state index contributed by atoms with van der Waals surface area (Å²) in [6.45, 7) is 15.9. The van der Waals surface area contributed by atoms with Gasteiger partial charge in [-0.25, -0.2) is 4.79 Å². The molecule has 2 aromatic heterocycles. The van der Waals surface area contributed by atoms with Crippen molar-refractivity contribution in [2.75, 3.05) is 6.54 Å². The second-order valence-corrected chi connectivity index (χ2v) is 16.8. The molecule has 55 heavy (non-hydrogen) atoms. The van der Waals surface area contributed by atoms with Crippen molar-refractivity contribution in [1.82, 2.24) is 15.6 Å². The van der Waals surface area contributed by atoms with Crippen LogP contribution in [0.3, 0.4) is 0 Å². The number of pyridine rings is 1. The highest BCUT2D eigenvalue weighted by molar-refractivity contribution is 6.00. The molecule has 12 atom stereocenters. The summed E-state index contributed by atoms with van der Waals surface area (Å²) < 4.78 is 29.9. The SMILES string of the molecule is CC1CC(C)C(O)C(O[C@@H]2[C@@H](C)C(=O)[C@@H](C)C(=O)O[C@H](CCNC(=O)Cc3cncc(-c4ccco4)c3)[C@@]3(C)OC(=O)N[C@@H]3[C@@H](C)C(=O)[C@H](C)CC2(C)C)O1. The zero-order valence-electron chi connectivity index (χ0n) is 33.3. The van der Waals surface area contributed by atoms with Crippen LogP contribution in [0.4, 0.5) is 4.79 Å². The van der Waals surface area contributed by atoms with Gasteiger partial charge >= 0.3 is 12.1 Å². The van der Waals surface area contributed by atoms with E-state index in [1.165, 1.54) is 6.92 Å². The standard InChI is InChI=1S/C41H57N3O11/c1-21-15-23(3)52-38(33(21)47)54-36-25(5)34(48)26(6)37(49)53-30(12-13-43-31(45)17-27-16-28(20-42-19-27)29-11-10-14-51-29)41(9)35(44-39(50)55-41)24(4)32(46)22(2)18-40(36,7)8/h10-11,14,16,19-26,30,33,35-36,38,47H,12-13,15,17-18H2,1-9H3,(H,43,45)(H,44,50)/t21?,22-,23?,24+,25+,26-,30-,33?,35-,36-,38?,41-/m1/s1. The van der Waals surface area contributed by atoms with Crippen LogP contribution in [0.2, 0.25) is 0 Å². The molecular weight excluding hydrogens is 710 g/mol. The molecule has 0 aromatic carbocycles. The van der Waals surface area contributed by atoms with Crippen LogP contribution in [0.1, 0.15) is 87.1 Å². The monoisotopic (exact) mass is 767 g/mol. The van der Waals surface area contributed by atoms with Crippen molar-refractivity contribution in [3.8, 4) is 11.3 Å². The Morgan fingerprint density at radius 3 is 2.45 bits per heavy atom. The molecule has 2 amide bonds. The minimum Gasteiger partial charge on any atom is -0.464 e. The van der Waals surface area contributed by atoms with Crippen molar-refractivity contribution in [1.29, 1.82) is 0 Å². The summed E-state index contributed by atoms with van der Waals surface area (Å²) in [5, 5.41) is 16.7. The summed E-state index contributed by atoms with van der Waals surface area (Å²) in [5.41, 5.74) is -0.980. The van der Waals surface area contributed by atoms with Crippen LogP contribution in [0, 0.1) is 35.0 Å². The molecule has 4 unspecified atom stereocenters. The number of carbonyl (C=O) groups excluding carboxylic acids is 5. The fraction of sp³-hybridized carbons (Fsp3) is 0.659. The van der Waals surface area contributed by atoms with Crippen LogP contribution in [-0.4, -0.2) is 88.5 Å². The predicted octanol–water partition coefficient (Wildman–Crippen LogP) is 4.80. The van der Waals surface area contributed by atoms with E-state index in [4.69, 9.17) is 23.4 Å². The Bertz CT molecular complexity index is 1710. The Balaban J connectivity index is 1.40. The number of ether oxygens (including phenoxy) is 4. The number of aromatic nitrogens is 1. The predicted molar refractivity (Wildman–Crippen MR) is 199 cm³/mol. The van der Waals surface area contributed by atoms with Gasteiger partial charge in [-0.2, -0.15) is 0 Å². The van der Waals surface area contributed by atoms with Gasteiger partial charge in [0.15, 0.2) is 17.7 Å². The molecular formula is C41H57N3O11. The van der Waals surface area contributed by atoms with Crippen LogP contribution >= 0.6 is 0 Å². The number of alkyl carbamates (subject to hydrolysis) is 1. The van der Waals surface area contributed by atoms with Gasteiger partial charge in [0, 0.05) is 48.7 Å². The maximum atomic E-state index is 14.2. The van der Waals surface area contributed by atoms with Gasteiger partial charge in [0.1, 0.15) is 29.7 Å². The molecule has 2 aromatic rings. The number of hydrogen-bond donors (Lipinski definition) is 3. The molecule has 3 aliphatic rings. The van der Waals surface area contributed by atoms with Gasteiger partial charge in [0.25, 0.3) is 0 Å². The number of aliphatic hydroxyl groups is 1. The third-order valence-corrected chi connectivity index (χ3v) is 11.7. The van der Waals surface area contributed by atoms with Gasteiger partial charge in [-0.15, -0.1) is 0 Å². The van der Waals surface area contributed by atoms with E-state index in [0.29, 0.717) is 24.2 Å². The zero-order chi connectivity index (χ0) is 40.4. The number of nitrogens with zero attached hydrogens (tertiary/aromatic N) is 1. The van der Waals surface area contributed by atoms with Crippen molar-refractivity contribution in [2.45, 2.75) is 130 Å². The summed E-state index contributed by atoms with van der Waals surface area (Å²) in [4.78, 5) is 72.6. The van der Waals surface area contributed by atoms with Crippen molar-refractivity contribution in [3.63, 3.8) is 0 Å². The fourth-order valence-electron chi connectivity index (χ4n) is 8.72. The second kappa shape index (κ2) is 16.9. The van der Waals surface area contributed by atoms with Crippen LogP contribution in [0.15, 0.2) is 41.3 Å². The molecule has 0 bridgehead atoms. The molecule has 5 rings (SSSR count). The van der Waals surface area contributed by atoms with E-state index in [1.807, 2.05) is 27.7 Å². The lowest BCUT2D eigenvalue weighted by Crippen LogP contribution is -2.58. The quantitative estimate of drug-likeness (QED) is 0.246. The van der Waals surface area contributed by atoms with Crippen LogP contribution in [-0.2, 0) is 44.5 Å². The van der Waals surface area contributed by atoms with E-state index < -0.39 is 83.2 Å². The van der Waals surface area contributed by atoms with Gasteiger partial charge < -0.3 is 39.1 Å². The van der Waals surface area contributed by atoms with E-state index in [1.54, 1.807) is 64.6 Å². The lowest BCUT2D eigenvalue weighted by Gasteiger charge is -2.45. The van der Waals surface area contributed by atoms with Gasteiger partial charge in [-0.05, 0) is 68.7 Å². The van der Waals surface area contributed by atoms with E-state index in [0.717, 1.165) is 5.56 Å². The van der Waals surface area contributed by atoms with E-state index in [-0.39, 0.29) is 43.1 Å². The highest BCUT2D eigenvalue weighted by Crippen LogP contribution is 2.42. The molecule has 0 spiro atoms. The number of carbonyl (C=O) groups is 5. The summed E-state index contributed by atoms with van der Waals surface area (Å²) in [6, 6.07) is 4.45. The molecule has 0 saturated carbocycles. The number of Topliss-reactive ketones (excluding diaryl/α,β-unsaturated/α-hetero) is 2. The molecule has 3 aliphatic heterocycles. The molecule has 3 N–H and O–H groups in total. The average molecular weight is 768 g/mol. The van der Waals surface area contributed by atoms with Crippen LogP contribution in [0.25, 0.3) is 11.3 Å². The van der Waals surface area contributed by atoms with Crippen molar-refractivity contribution in [3.05, 3.63) is 42.4 Å². The smallest absolute Gasteiger partial charge is 0.408 e. The molecule has 14 heteroatoms. The normalized spacial score (nSPS) is 35.9. The number of fused-ring (bicyclic) bond motifs is 1. The Morgan fingerprint density at radius 1 is 1.04 bits per heavy atom. The molecule has 0 aliphatic carbocycles. The Hall–Kier alpha value is -4.14. The molecule has 3 saturated heterocycles. The number of cyclic esters (lactones) is 1. The van der Waals surface area contributed by atoms with E-state index in [9.17, 15) is 29.1 Å². The van der Waals surface area contributed by atoms with Gasteiger partial charge in [0.2, 0.25) is 5.91 Å². The van der Waals surface area contributed by atoms with Gasteiger partial charge in [0.05, 0.1) is 30.9 Å². The summed E-state index contributed by atoms with van der Waals surface area (Å²) in [5.74, 6) is -4.79. The fourth-order valence-corrected chi connectivity index (χ4v) is 8.72. The molecule has 3 fully saturated rings. The molecule has 5 heterocycles. The number of furan rings is 1. The molecule has 0 radical (unpaired) electrons. The first kappa shape index (κ1) is 42.0. The topological polar surface area (TPSA) is 193 Å². The minimum atomic E-state index is -1.53. The summed E-state index contributed by atoms with van der Waals surface area (Å²) in [7, 11) is 0. The lowest BCUT2D eigenvalue weighted by molar-refractivity contribution is -0.284. The molecule has 14 nitrogen and oxygen atoms in total. The van der Waals surface area contributed by atoms with Crippen LogP contribution < -0.4 is 10.6 Å². The number of hydrogen-bond acceptors (Lipinski definition) is 12. The Labute approximate surface area is 322 Å². The first-order valence-electron chi connectivity index (χ1n) is 19.3. The van der Waals surface area contributed by atoms with Crippen molar-refractivity contribution in [2.24, 2.45) is 35.0 Å². The number of nitrogens with one attached hydrogen (secondary N) is 2. The van der Waals surface area contributed by atoms with E-state index >= 15 is 0 Å². The zero-order valence-corrected chi connectivity index (χ0v) is 33.3. The molecule has 302 valence electrons. The second-order valence-electron chi connectivity index (χ2n) is 16.8. The number of ketones is 2. The minimum absolute atomic E-state index is 0.00307. The maximum Gasteiger partial charge on any atom is 0.408 e. The highest BCUT2D eigenvalue weighted by Gasteiger charge is 2.57. The van der Waals surface area contributed by atoms with Crippen molar-refractivity contribution < 1.29 is 52.4 Å². The third kappa shape index (κ3) is 9.29. The Kier molecular flexibility index (Phi) is 12.9.